The van der Waals surface area contributed by atoms with Gasteiger partial charge in [-0.2, -0.15) is 0 Å². The zero-order valence-electron chi connectivity index (χ0n) is 13.4. The van der Waals surface area contributed by atoms with Crippen LogP contribution < -0.4 is 5.73 Å². The van der Waals surface area contributed by atoms with Crippen LogP contribution >= 0.6 is 28.3 Å². The third-order valence-corrected chi connectivity index (χ3v) is 4.50. The van der Waals surface area contributed by atoms with Gasteiger partial charge in [-0.3, -0.25) is 9.59 Å². The molecular weight excluding hydrogens is 382 g/mol. The number of hydrogen-bond acceptors (Lipinski definition) is 3. The van der Waals surface area contributed by atoms with Crippen molar-refractivity contribution < 1.29 is 9.59 Å². The summed E-state index contributed by atoms with van der Waals surface area (Å²) in [6.45, 7) is 6.06. The first-order chi connectivity index (χ1) is 10.4. The quantitative estimate of drug-likeness (QED) is 0.839. The highest BCUT2D eigenvalue weighted by Gasteiger charge is 2.28. The lowest BCUT2D eigenvalue weighted by Gasteiger charge is -2.36. The van der Waals surface area contributed by atoms with Gasteiger partial charge < -0.3 is 15.5 Å². The molecule has 1 atom stereocenters. The van der Waals surface area contributed by atoms with E-state index in [-0.39, 0.29) is 30.1 Å². The lowest BCUT2D eigenvalue weighted by atomic mass is 10.0. The molecule has 1 aliphatic rings. The summed E-state index contributed by atoms with van der Waals surface area (Å²) in [5, 5.41) is 0. The molecule has 1 aliphatic heterocycles. The minimum absolute atomic E-state index is 0. The molecule has 0 radical (unpaired) electrons. The normalized spacial score (nSPS) is 16.0. The van der Waals surface area contributed by atoms with Crippen molar-refractivity contribution in [2.75, 3.05) is 26.2 Å². The number of benzene rings is 1. The lowest BCUT2D eigenvalue weighted by molar-refractivity contribution is -0.135. The third-order valence-electron chi connectivity index (χ3n) is 3.97. The summed E-state index contributed by atoms with van der Waals surface area (Å²) in [6.07, 6.45) is 0. The standard InChI is InChI=1S/C16H22BrN3O2.ClH/c1-11(2)14(18)16(22)20-9-7-19(8-10-20)15(21)12-3-5-13(17)6-4-12;/h3-6,11,14H,7-10,18H2,1-2H3;1H/t14-;/m0./s1. The Morgan fingerprint density at radius 3 is 2.00 bits per heavy atom. The van der Waals surface area contributed by atoms with Crippen LogP contribution in [0.2, 0.25) is 0 Å². The van der Waals surface area contributed by atoms with Gasteiger partial charge in [-0.25, -0.2) is 0 Å². The van der Waals surface area contributed by atoms with Crippen LogP contribution in [0.3, 0.4) is 0 Å². The van der Waals surface area contributed by atoms with Gasteiger partial charge in [-0.15, -0.1) is 12.4 Å². The van der Waals surface area contributed by atoms with Crippen LogP contribution in [0, 0.1) is 5.92 Å². The largest absolute Gasteiger partial charge is 0.338 e. The maximum atomic E-state index is 12.4. The Balaban J connectivity index is 0.00000264. The monoisotopic (exact) mass is 403 g/mol. The number of halogens is 2. The molecule has 1 fully saturated rings. The number of rotatable bonds is 3. The van der Waals surface area contributed by atoms with E-state index in [1.54, 1.807) is 21.9 Å². The summed E-state index contributed by atoms with van der Waals surface area (Å²) in [6, 6.07) is 6.86. The number of carbonyl (C=O) groups is 2. The first kappa shape index (κ1) is 19.9. The fraction of sp³-hybridized carbons (Fsp3) is 0.500. The first-order valence-corrected chi connectivity index (χ1v) is 8.28. The average molecular weight is 405 g/mol. The summed E-state index contributed by atoms with van der Waals surface area (Å²) >= 11 is 3.36. The SMILES string of the molecule is CC(C)[C@H](N)C(=O)N1CCN(C(=O)c2ccc(Br)cc2)CC1.Cl. The van der Waals surface area contributed by atoms with Crippen LogP contribution in [0.25, 0.3) is 0 Å². The molecule has 2 rings (SSSR count). The second kappa shape index (κ2) is 8.66. The Bertz CT molecular complexity index is 543. The van der Waals surface area contributed by atoms with E-state index in [4.69, 9.17) is 5.73 Å². The van der Waals surface area contributed by atoms with Crippen LogP contribution in [0.4, 0.5) is 0 Å². The Morgan fingerprint density at radius 2 is 1.52 bits per heavy atom. The van der Waals surface area contributed by atoms with Crippen LogP contribution in [0.15, 0.2) is 28.7 Å². The van der Waals surface area contributed by atoms with E-state index >= 15 is 0 Å². The Morgan fingerprint density at radius 1 is 1.04 bits per heavy atom. The van der Waals surface area contributed by atoms with Gasteiger partial charge in [0.25, 0.3) is 5.91 Å². The molecule has 0 aromatic heterocycles. The van der Waals surface area contributed by atoms with E-state index < -0.39 is 6.04 Å². The summed E-state index contributed by atoms with van der Waals surface area (Å²) in [4.78, 5) is 28.2. The Kier molecular flexibility index (Phi) is 7.51. The molecule has 0 spiro atoms. The summed E-state index contributed by atoms with van der Waals surface area (Å²) in [7, 11) is 0. The zero-order chi connectivity index (χ0) is 16.3. The van der Waals surface area contributed by atoms with E-state index in [1.165, 1.54) is 0 Å². The van der Waals surface area contributed by atoms with E-state index in [9.17, 15) is 9.59 Å². The van der Waals surface area contributed by atoms with E-state index in [0.717, 1.165) is 4.47 Å². The van der Waals surface area contributed by atoms with Crippen molar-refractivity contribution in [2.45, 2.75) is 19.9 Å². The molecule has 1 aromatic rings. The molecule has 7 heteroatoms. The Hall–Kier alpha value is -1.11. The summed E-state index contributed by atoms with van der Waals surface area (Å²) < 4.78 is 0.946. The molecule has 2 amide bonds. The predicted octanol–water partition coefficient (Wildman–Crippen LogP) is 2.14. The van der Waals surface area contributed by atoms with Crippen LogP contribution in [0.5, 0.6) is 0 Å². The van der Waals surface area contributed by atoms with E-state index in [1.807, 2.05) is 26.0 Å². The number of hydrogen-bond donors (Lipinski definition) is 1. The minimum Gasteiger partial charge on any atom is -0.338 e. The molecule has 1 aromatic carbocycles. The topological polar surface area (TPSA) is 66.6 Å². The van der Waals surface area contributed by atoms with Gasteiger partial charge in [0.1, 0.15) is 0 Å². The van der Waals surface area contributed by atoms with Crippen LogP contribution in [0.1, 0.15) is 24.2 Å². The number of amides is 2. The fourth-order valence-corrected chi connectivity index (χ4v) is 2.67. The maximum absolute atomic E-state index is 12.4. The predicted molar refractivity (Wildman–Crippen MR) is 96.7 cm³/mol. The molecule has 1 heterocycles. The summed E-state index contributed by atoms with van der Waals surface area (Å²) in [5.41, 5.74) is 6.58. The minimum atomic E-state index is -0.464. The summed E-state index contributed by atoms with van der Waals surface area (Å²) in [5.74, 6) is 0.105. The molecule has 0 unspecified atom stereocenters. The number of nitrogens with two attached hydrogens (primary N) is 1. The molecule has 2 N–H and O–H groups in total. The van der Waals surface area contributed by atoms with Gasteiger partial charge in [-0.05, 0) is 30.2 Å². The highest BCUT2D eigenvalue weighted by molar-refractivity contribution is 9.10. The number of carbonyl (C=O) groups excluding carboxylic acids is 2. The van der Waals surface area contributed by atoms with Gasteiger partial charge in [0, 0.05) is 36.2 Å². The third kappa shape index (κ3) is 4.93. The van der Waals surface area contributed by atoms with E-state index in [2.05, 4.69) is 15.9 Å². The number of piperazine rings is 1. The fourth-order valence-electron chi connectivity index (χ4n) is 2.40. The zero-order valence-corrected chi connectivity index (χ0v) is 15.8. The molecule has 0 aliphatic carbocycles. The van der Waals surface area contributed by atoms with Crippen LogP contribution in [-0.2, 0) is 4.79 Å². The maximum Gasteiger partial charge on any atom is 0.253 e. The molecule has 0 bridgehead atoms. The first-order valence-electron chi connectivity index (χ1n) is 7.49. The molecule has 23 heavy (non-hydrogen) atoms. The van der Waals surface area contributed by atoms with Gasteiger partial charge in [0.15, 0.2) is 0 Å². The van der Waals surface area contributed by atoms with Crippen molar-refractivity contribution in [1.29, 1.82) is 0 Å². The van der Waals surface area contributed by atoms with Gasteiger partial charge in [0.05, 0.1) is 6.04 Å². The molecular formula is C16H23BrClN3O2. The second-order valence-corrected chi connectivity index (χ2v) is 6.81. The smallest absolute Gasteiger partial charge is 0.253 e. The van der Waals surface area contributed by atoms with Gasteiger partial charge in [0.2, 0.25) is 5.91 Å². The second-order valence-electron chi connectivity index (χ2n) is 5.89. The van der Waals surface area contributed by atoms with Gasteiger partial charge >= 0.3 is 0 Å². The molecule has 128 valence electrons. The Labute approximate surface area is 151 Å². The van der Waals surface area contributed by atoms with Crippen molar-refractivity contribution in [2.24, 2.45) is 11.7 Å². The van der Waals surface area contributed by atoms with E-state index in [0.29, 0.717) is 31.7 Å². The average Bonchev–Trinajstić information content (AvgIpc) is 2.53. The van der Waals surface area contributed by atoms with Crippen molar-refractivity contribution in [3.05, 3.63) is 34.3 Å². The highest BCUT2D eigenvalue weighted by Crippen LogP contribution is 2.14. The number of nitrogens with zero attached hydrogens (tertiary/aromatic N) is 2. The lowest BCUT2D eigenvalue weighted by Crippen LogP contribution is -2.55. The molecule has 1 saturated heterocycles. The van der Waals surface area contributed by atoms with Crippen molar-refractivity contribution in [3.8, 4) is 0 Å². The van der Waals surface area contributed by atoms with Crippen LogP contribution in [-0.4, -0.2) is 53.8 Å². The van der Waals surface area contributed by atoms with Crippen molar-refractivity contribution in [1.82, 2.24) is 9.80 Å². The van der Waals surface area contributed by atoms with Crippen molar-refractivity contribution >= 4 is 40.2 Å². The van der Waals surface area contributed by atoms with Gasteiger partial charge in [-0.1, -0.05) is 29.8 Å². The molecule has 5 nitrogen and oxygen atoms in total. The van der Waals surface area contributed by atoms with Crippen molar-refractivity contribution in [3.63, 3.8) is 0 Å². The molecule has 0 saturated carbocycles. The highest BCUT2D eigenvalue weighted by atomic mass is 79.9.